The van der Waals surface area contributed by atoms with Gasteiger partial charge in [0, 0.05) is 48.9 Å². The molecule has 4 fully saturated rings. The van der Waals surface area contributed by atoms with E-state index in [2.05, 4.69) is 32.6 Å². The number of anilines is 1. The van der Waals surface area contributed by atoms with Gasteiger partial charge in [0.25, 0.3) is 0 Å². The molecule has 45 heavy (non-hydrogen) atoms. The van der Waals surface area contributed by atoms with E-state index in [1.54, 1.807) is 24.4 Å². The number of nitrogens with zero attached hydrogens (tertiary/aromatic N) is 5. The van der Waals surface area contributed by atoms with Crippen LogP contribution >= 0.6 is 0 Å². The topological polar surface area (TPSA) is 66.4 Å². The second-order valence-electron chi connectivity index (χ2n) is 13.2. The molecule has 7 nitrogen and oxygen atoms in total. The number of terminal acetylenes is 1. The summed E-state index contributed by atoms with van der Waals surface area (Å²) >= 11 is 0. The van der Waals surface area contributed by atoms with Crippen LogP contribution in [0.1, 0.15) is 50.5 Å². The largest absolute Gasteiger partial charge is 0.461 e. The minimum atomic E-state index is -0.609. The monoisotopic (exact) mass is 606 g/mol. The Balaban J connectivity index is 1.26. The lowest BCUT2D eigenvalue weighted by atomic mass is 9.90. The molecule has 4 aliphatic rings. The zero-order valence-corrected chi connectivity index (χ0v) is 25.3. The van der Waals surface area contributed by atoms with Crippen molar-refractivity contribution in [2.24, 2.45) is 0 Å². The number of ether oxygens (including phenoxy) is 1. The summed E-state index contributed by atoms with van der Waals surface area (Å²) in [6.07, 6.45) is 15.0. The van der Waals surface area contributed by atoms with Crippen LogP contribution in [0.4, 0.5) is 14.6 Å². The highest BCUT2D eigenvalue weighted by Crippen LogP contribution is 2.41. The minimum Gasteiger partial charge on any atom is -0.461 e. The van der Waals surface area contributed by atoms with Crippen molar-refractivity contribution >= 4 is 27.5 Å². The number of rotatable bonds is 5. The molecule has 4 aromatic rings. The Kier molecular flexibility index (Phi) is 6.95. The normalized spacial score (nSPS) is 25.0. The number of piperazine rings is 1. The average molecular weight is 607 g/mol. The Hall–Kier alpha value is -4.13. The molecule has 1 N–H and O–H groups in total. The SMILES string of the molecule is C#Cc1c(F)ccc2cccc(-c3ncc4c(N5C[C@H]6CC[C@@H](C5)N6)nc(OCC56CCCCCN5CC(=C)C6)nc4c3F)c12. The zero-order valence-electron chi connectivity index (χ0n) is 25.3. The molecule has 0 spiro atoms. The standard InChI is InChI=1S/C36H36F2N6O/c1-3-26-29(37)13-10-23-8-7-9-27(30(23)26)32-31(38)33-28(17-39-32)34(43-19-24-11-12-25(20-43)40-24)42-35(41-33)45-21-36-14-5-4-6-15-44(36)18-22(2)16-36/h1,7-10,13,17,24-25,40H,2,4-6,11-12,14-16,18-21H2/t24-,25+,36?. The van der Waals surface area contributed by atoms with Gasteiger partial charge < -0.3 is 15.0 Å². The predicted molar refractivity (Wildman–Crippen MR) is 172 cm³/mol. The summed E-state index contributed by atoms with van der Waals surface area (Å²) in [5.41, 5.74) is 1.76. The van der Waals surface area contributed by atoms with Crippen molar-refractivity contribution in [2.75, 3.05) is 37.7 Å². The molecule has 0 radical (unpaired) electrons. The molecule has 2 aromatic heterocycles. The van der Waals surface area contributed by atoms with Crippen molar-refractivity contribution < 1.29 is 13.5 Å². The number of aromatic nitrogens is 3. The maximum atomic E-state index is 16.8. The second-order valence-corrected chi connectivity index (χ2v) is 13.2. The molecule has 2 bridgehead atoms. The first-order valence-electron chi connectivity index (χ1n) is 16.0. The first kappa shape index (κ1) is 28.4. The summed E-state index contributed by atoms with van der Waals surface area (Å²) in [5.74, 6) is 1.95. The quantitative estimate of drug-likeness (QED) is 0.221. The Morgan fingerprint density at radius 2 is 1.93 bits per heavy atom. The average Bonchev–Trinajstić information content (AvgIpc) is 3.48. The van der Waals surface area contributed by atoms with E-state index in [-0.39, 0.29) is 28.3 Å². The van der Waals surface area contributed by atoms with Crippen LogP contribution in [0.25, 0.3) is 32.9 Å². The summed E-state index contributed by atoms with van der Waals surface area (Å²) in [7, 11) is 0. The van der Waals surface area contributed by atoms with Crippen molar-refractivity contribution in [1.82, 2.24) is 25.2 Å². The number of fused-ring (bicyclic) bond motifs is 5. The van der Waals surface area contributed by atoms with Gasteiger partial charge in [-0.25, -0.2) is 8.78 Å². The molecular formula is C36H36F2N6O. The van der Waals surface area contributed by atoms with E-state index in [0.29, 0.717) is 46.2 Å². The highest BCUT2D eigenvalue weighted by atomic mass is 19.1. The first-order chi connectivity index (χ1) is 21.9. The van der Waals surface area contributed by atoms with Gasteiger partial charge in [0.05, 0.1) is 16.5 Å². The molecule has 4 saturated heterocycles. The molecule has 0 aliphatic carbocycles. The molecule has 0 amide bonds. The van der Waals surface area contributed by atoms with Gasteiger partial charge in [-0.1, -0.05) is 55.2 Å². The highest BCUT2D eigenvalue weighted by Gasteiger charge is 2.44. The van der Waals surface area contributed by atoms with Crippen molar-refractivity contribution in [3.63, 3.8) is 0 Å². The van der Waals surface area contributed by atoms with E-state index in [1.165, 1.54) is 18.1 Å². The molecule has 0 saturated carbocycles. The van der Waals surface area contributed by atoms with E-state index < -0.39 is 11.6 Å². The van der Waals surface area contributed by atoms with Gasteiger partial charge in [0.2, 0.25) is 0 Å². The van der Waals surface area contributed by atoms with E-state index in [4.69, 9.17) is 21.1 Å². The summed E-state index contributed by atoms with van der Waals surface area (Å²) in [4.78, 5) is 19.0. The first-order valence-corrected chi connectivity index (χ1v) is 16.0. The molecule has 6 heterocycles. The third kappa shape index (κ3) is 4.82. The number of halogens is 2. The number of hydrogen-bond donors (Lipinski definition) is 1. The van der Waals surface area contributed by atoms with Gasteiger partial charge in [0.1, 0.15) is 29.5 Å². The van der Waals surface area contributed by atoms with Crippen LogP contribution in [-0.4, -0.2) is 70.3 Å². The third-order valence-corrected chi connectivity index (χ3v) is 10.3. The molecule has 3 atom stereocenters. The van der Waals surface area contributed by atoms with Crippen molar-refractivity contribution in [3.8, 4) is 29.6 Å². The van der Waals surface area contributed by atoms with Crippen LogP contribution in [0.2, 0.25) is 0 Å². The van der Waals surface area contributed by atoms with E-state index in [1.807, 2.05) is 6.07 Å². The van der Waals surface area contributed by atoms with Gasteiger partial charge in [-0.3, -0.25) is 9.88 Å². The zero-order chi connectivity index (χ0) is 30.7. The molecule has 4 aliphatic heterocycles. The molecule has 1 unspecified atom stereocenters. The maximum absolute atomic E-state index is 16.8. The summed E-state index contributed by atoms with van der Waals surface area (Å²) in [6.45, 7) is 8.14. The van der Waals surface area contributed by atoms with Gasteiger partial charge >= 0.3 is 6.01 Å². The third-order valence-electron chi connectivity index (χ3n) is 10.3. The maximum Gasteiger partial charge on any atom is 0.319 e. The van der Waals surface area contributed by atoms with E-state index in [0.717, 1.165) is 64.7 Å². The fourth-order valence-electron chi connectivity index (χ4n) is 8.16. The Morgan fingerprint density at radius 1 is 1.09 bits per heavy atom. The molecule has 2 aromatic carbocycles. The molecule has 230 valence electrons. The lowest BCUT2D eigenvalue weighted by Gasteiger charge is -2.36. The lowest BCUT2D eigenvalue weighted by molar-refractivity contribution is 0.0717. The Bertz CT molecular complexity index is 1880. The molecular weight excluding hydrogens is 570 g/mol. The van der Waals surface area contributed by atoms with Gasteiger partial charge in [-0.2, -0.15) is 9.97 Å². The summed E-state index contributed by atoms with van der Waals surface area (Å²) in [5, 5.41) is 5.34. The fourth-order valence-corrected chi connectivity index (χ4v) is 8.16. The molecule has 9 heteroatoms. The summed E-state index contributed by atoms with van der Waals surface area (Å²) < 4.78 is 38.1. The number of pyridine rings is 1. The highest BCUT2D eigenvalue weighted by molar-refractivity contribution is 6.02. The number of hydrogen-bond acceptors (Lipinski definition) is 7. The van der Waals surface area contributed by atoms with Crippen LogP contribution in [0.3, 0.4) is 0 Å². The number of nitrogens with one attached hydrogen (secondary N) is 1. The predicted octanol–water partition coefficient (Wildman–Crippen LogP) is 6.00. The van der Waals surface area contributed by atoms with Crippen LogP contribution < -0.4 is 15.0 Å². The van der Waals surface area contributed by atoms with Gasteiger partial charge in [-0.15, -0.1) is 6.42 Å². The van der Waals surface area contributed by atoms with E-state index >= 15 is 4.39 Å². The molecule has 8 rings (SSSR count). The Morgan fingerprint density at radius 3 is 2.76 bits per heavy atom. The van der Waals surface area contributed by atoms with Gasteiger partial charge in [-0.05, 0) is 50.1 Å². The number of benzene rings is 2. The van der Waals surface area contributed by atoms with Crippen LogP contribution in [0, 0.1) is 24.0 Å². The van der Waals surface area contributed by atoms with Crippen molar-refractivity contribution in [2.45, 2.75) is 62.6 Å². The summed E-state index contributed by atoms with van der Waals surface area (Å²) in [6, 6.07) is 9.19. The van der Waals surface area contributed by atoms with Crippen LogP contribution in [0.5, 0.6) is 6.01 Å². The van der Waals surface area contributed by atoms with Crippen LogP contribution in [0.15, 0.2) is 48.7 Å². The smallest absolute Gasteiger partial charge is 0.319 e. The van der Waals surface area contributed by atoms with Crippen LogP contribution in [-0.2, 0) is 0 Å². The fraction of sp³-hybridized carbons (Fsp3) is 0.417. The minimum absolute atomic E-state index is 0.0619. The van der Waals surface area contributed by atoms with Crippen molar-refractivity contribution in [3.05, 3.63) is 65.9 Å². The second kappa shape index (κ2) is 11.0. The van der Waals surface area contributed by atoms with E-state index in [9.17, 15) is 4.39 Å². The van der Waals surface area contributed by atoms with Gasteiger partial charge in [0.15, 0.2) is 5.82 Å². The lowest BCUT2D eigenvalue weighted by Crippen LogP contribution is -2.51. The van der Waals surface area contributed by atoms with Crippen molar-refractivity contribution in [1.29, 1.82) is 0 Å². The Labute approximate surface area is 261 Å².